The predicted octanol–water partition coefficient (Wildman–Crippen LogP) is 2.88. The lowest BCUT2D eigenvalue weighted by atomic mass is 9.90. The summed E-state index contributed by atoms with van der Waals surface area (Å²) in [6, 6.07) is 6.67. The lowest BCUT2D eigenvalue weighted by molar-refractivity contribution is 0.149. The topological polar surface area (TPSA) is 58.7 Å². The minimum atomic E-state index is 0.215. The van der Waals surface area contributed by atoms with Gasteiger partial charge in [-0.05, 0) is 56.8 Å². The molecule has 4 heteroatoms. The van der Waals surface area contributed by atoms with E-state index in [9.17, 15) is 5.11 Å². The van der Waals surface area contributed by atoms with E-state index in [1.807, 2.05) is 19.1 Å². The molecule has 1 aliphatic carbocycles. The number of benzene rings is 1. The highest BCUT2D eigenvalue weighted by Crippen LogP contribution is 2.29. The predicted molar refractivity (Wildman–Crippen MR) is 85.6 cm³/mol. The van der Waals surface area contributed by atoms with Crippen LogP contribution < -0.4 is 10.5 Å². The highest BCUT2D eigenvalue weighted by molar-refractivity contribution is 5.41. The van der Waals surface area contributed by atoms with E-state index >= 15 is 0 Å². The number of nitrogens with two attached hydrogens (primary N) is 1. The molecule has 0 heterocycles. The Morgan fingerprint density at radius 2 is 1.95 bits per heavy atom. The van der Waals surface area contributed by atoms with Crippen molar-refractivity contribution in [2.24, 2.45) is 5.73 Å². The second-order valence-corrected chi connectivity index (χ2v) is 5.87. The Kier molecular flexibility index (Phi) is 5.88. The molecular formula is C17H28N2O2. The molecule has 0 aliphatic heterocycles. The van der Waals surface area contributed by atoms with Gasteiger partial charge in [-0.1, -0.05) is 13.0 Å². The zero-order chi connectivity index (χ0) is 15.2. The van der Waals surface area contributed by atoms with Gasteiger partial charge in [0.1, 0.15) is 0 Å². The molecule has 118 valence electrons. The maximum atomic E-state index is 9.78. The molecule has 0 bridgehead atoms. The molecule has 1 fully saturated rings. The van der Waals surface area contributed by atoms with Gasteiger partial charge in [0, 0.05) is 18.6 Å². The van der Waals surface area contributed by atoms with E-state index in [4.69, 9.17) is 10.5 Å². The van der Waals surface area contributed by atoms with Crippen LogP contribution in [0, 0.1) is 0 Å². The Labute approximate surface area is 127 Å². The first-order chi connectivity index (χ1) is 10.1. The molecule has 0 unspecified atom stereocenters. The van der Waals surface area contributed by atoms with Crippen molar-refractivity contribution in [3.8, 4) is 11.5 Å². The molecule has 0 aromatic heterocycles. The molecule has 0 amide bonds. The van der Waals surface area contributed by atoms with Crippen molar-refractivity contribution in [3.63, 3.8) is 0 Å². The fraction of sp³-hybridized carbons (Fsp3) is 0.647. The molecule has 21 heavy (non-hydrogen) atoms. The molecular weight excluding hydrogens is 264 g/mol. The number of aromatic hydroxyl groups is 1. The molecule has 0 radical (unpaired) electrons. The van der Waals surface area contributed by atoms with Crippen LogP contribution in [0.15, 0.2) is 18.2 Å². The van der Waals surface area contributed by atoms with Crippen LogP contribution in [0.5, 0.6) is 11.5 Å². The fourth-order valence-corrected chi connectivity index (χ4v) is 3.13. The van der Waals surface area contributed by atoms with E-state index in [2.05, 4.69) is 11.8 Å². The summed E-state index contributed by atoms with van der Waals surface area (Å²) in [5, 5.41) is 9.78. The van der Waals surface area contributed by atoms with Crippen LogP contribution in [0.2, 0.25) is 0 Å². The molecule has 1 saturated carbocycles. The van der Waals surface area contributed by atoms with Crippen LogP contribution >= 0.6 is 0 Å². The highest BCUT2D eigenvalue weighted by atomic mass is 16.5. The Morgan fingerprint density at radius 1 is 1.24 bits per heavy atom. The molecule has 1 aromatic rings. The van der Waals surface area contributed by atoms with Gasteiger partial charge in [0.05, 0.1) is 6.61 Å². The van der Waals surface area contributed by atoms with Crippen LogP contribution in [-0.4, -0.2) is 35.2 Å². The van der Waals surface area contributed by atoms with Crippen molar-refractivity contribution in [2.45, 2.75) is 58.2 Å². The van der Waals surface area contributed by atoms with E-state index in [-0.39, 0.29) is 5.75 Å². The van der Waals surface area contributed by atoms with Crippen molar-refractivity contribution < 1.29 is 9.84 Å². The number of phenolic OH excluding ortho intramolecular Hbond substituents is 1. The van der Waals surface area contributed by atoms with Crippen LogP contribution in [0.3, 0.4) is 0 Å². The molecule has 1 aliphatic rings. The van der Waals surface area contributed by atoms with Gasteiger partial charge in [0.15, 0.2) is 11.5 Å². The lowest BCUT2D eigenvalue weighted by Gasteiger charge is -2.35. The largest absolute Gasteiger partial charge is 0.504 e. The summed E-state index contributed by atoms with van der Waals surface area (Å²) >= 11 is 0. The van der Waals surface area contributed by atoms with Crippen molar-refractivity contribution >= 4 is 0 Å². The Balaban J connectivity index is 2.02. The standard InChI is InChI=1S/C17H28N2O2/c1-3-19(15-8-6-14(18)7-9-15)12-13-5-10-16(20)17(11-13)21-4-2/h5,10-11,14-15,20H,3-4,6-9,12,18H2,1-2H3. The van der Waals surface area contributed by atoms with Gasteiger partial charge in [0.25, 0.3) is 0 Å². The first kappa shape index (κ1) is 16.1. The number of hydrogen-bond donors (Lipinski definition) is 2. The van der Waals surface area contributed by atoms with Crippen LogP contribution in [0.25, 0.3) is 0 Å². The van der Waals surface area contributed by atoms with Gasteiger partial charge in [-0.15, -0.1) is 0 Å². The minimum absolute atomic E-state index is 0.215. The molecule has 1 aromatic carbocycles. The molecule has 0 atom stereocenters. The number of ether oxygens (including phenoxy) is 1. The van der Waals surface area contributed by atoms with Crippen molar-refractivity contribution in [1.29, 1.82) is 0 Å². The number of phenols is 1. The Hall–Kier alpha value is -1.26. The smallest absolute Gasteiger partial charge is 0.161 e. The van der Waals surface area contributed by atoms with Gasteiger partial charge in [-0.2, -0.15) is 0 Å². The van der Waals surface area contributed by atoms with E-state index in [0.717, 1.165) is 25.9 Å². The zero-order valence-corrected chi connectivity index (χ0v) is 13.2. The van der Waals surface area contributed by atoms with E-state index in [1.54, 1.807) is 6.07 Å². The third-order valence-corrected chi connectivity index (χ3v) is 4.37. The van der Waals surface area contributed by atoms with Crippen LogP contribution in [-0.2, 0) is 6.54 Å². The van der Waals surface area contributed by atoms with Gasteiger partial charge in [-0.25, -0.2) is 0 Å². The monoisotopic (exact) mass is 292 g/mol. The summed E-state index contributed by atoms with van der Waals surface area (Å²) in [5.41, 5.74) is 7.19. The number of hydrogen-bond acceptors (Lipinski definition) is 4. The normalized spacial score (nSPS) is 22.5. The fourth-order valence-electron chi connectivity index (χ4n) is 3.13. The van der Waals surface area contributed by atoms with Crippen molar-refractivity contribution in [3.05, 3.63) is 23.8 Å². The van der Waals surface area contributed by atoms with E-state index in [1.165, 1.54) is 18.4 Å². The quantitative estimate of drug-likeness (QED) is 0.846. The maximum Gasteiger partial charge on any atom is 0.161 e. The van der Waals surface area contributed by atoms with E-state index < -0.39 is 0 Å². The SMILES string of the molecule is CCOc1cc(CN(CC)C2CCC(N)CC2)ccc1O. The summed E-state index contributed by atoms with van der Waals surface area (Å²) in [4.78, 5) is 2.51. The second-order valence-electron chi connectivity index (χ2n) is 5.87. The zero-order valence-electron chi connectivity index (χ0n) is 13.2. The first-order valence-electron chi connectivity index (χ1n) is 8.08. The number of rotatable bonds is 6. The Morgan fingerprint density at radius 3 is 2.57 bits per heavy atom. The molecule has 0 saturated heterocycles. The summed E-state index contributed by atoms with van der Waals surface area (Å²) in [6.07, 6.45) is 4.62. The summed E-state index contributed by atoms with van der Waals surface area (Å²) < 4.78 is 5.47. The molecule has 2 rings (SSSR count). The summed E-state index contributed by atoms with van der Waals surface area (Å²) in [5.74, 6) is 0.795. The average molecular weight is 292 g/mol. The van der Waals surface area contributed by atoms with Crippen molar-refractivity contribution in [1.82, 2.24) is 4.90 Å². The number of nitrogens with zero attached hydrogens (tertiary/aromatic N) is 1. The summed E-state index contributed by atoms with van der Waals surface area (Å²) in [6.45, 7) is 6.63. The average Bonchev–Trinajstić information content (AvgIpc) is 2.49. The van der Waals surface area contributed by atoms with Gasteiger partial charge >= 0.3 is 0 Å². The molecule has 0 spiro atoms. The Bertz CT molecular complexity index is 442. The molecule has 4 nitrogen and oxygen atoms in total. The highest BCUT2D eigenvalue weighted by Gasteiger charge is 2.23. The second kappa shape index (κ2) is 7.66. The summed E-state index contributed by atoms with van der Waals surface area (Å²) in [7, 11) is 0. The van der Waals surface area contributed by atoms with Crippen molar-refractivity contribution in [2.75, 3.05) is 13.2 Å². The third-order valence-electron chi connectivity index (χ3n) is 4.37. The third kappa shape index (κ3) is 4.35. The van der Waals surface area contributed by atoms with Crippen LogP contribution in [0.4, 0.5) is 0 Å². The van der Waals surface area contributed by atoms with Gasteiger partial charge in [0.2, 0.25) is 0 Å². The van der Waals surface area contributed by atoms with Crippen LogP contribution in [0.1, 0.15) is 45.1 Å². The minimum Gasteiger partial charge on any atom is -0.504 e. The molecule has 3 N–H and O–H groups in total. The maximum absolute atomic E-state index is 9.78. The lowest BCUT2D eigenvalue weighted by Crippen LogP contribution is -2.40. The first-order valence-corrected chi connectivity index (χ1v) is 8.08. The van der Waals surface area contributed by atoms with E-state index in [0.29, 0.717) is 24.4 Å². The van der Waals surface area contributed by atoms with Gasteiger partial charge < -0.3 is 15.6 Å². The van der Waals surface area contributed by atoms with Gasteiger partial charge in [-0.3, -0.25) is 4.90 Å².